The molecule has 2 aliphatic heterocycles. The zero-order valence-corrected chi connectivity index (χ0v) is 22.9. The standard InChI is InChI=1S/C16H26BNO3.C10H19NO/c1-10(2)19-14-9-12(11(3)8-13(14)18)17-20-15(4,5)16(6,7)21-17;1-9(2)6-8(12)7-10(3,4)11(9)5/h8-10H,18H2,1-7H3;6-7H2,1-5H3. The number of ether oxygens (including phenoxy) is 1. The lowest BCUT2D eigenvalue weighted by molar-refractivity contribution is -0.131. The summed E-state index contributed by atoms with van der Waals surface area (Å²) in [6.45, 7) is 22.7. The molecule has 0 amide bonds. The Balaban J connectivity index is 0.000000273. The van der Waals surface area contributed by atoms with Gasteiger partial charge in [-0.2, -0.15) is 0 Å². The van der Waals surface area contributed by atoms with Crippen LogP contribution in [0, 0.1) is 6.92 Å². The number of benzene rings is 1. The molecule has 186 valence electrons. The zero-order chi connectivity index (χ0) is 25.6. The van der Waals surface area contributed by atoms with Gasteiger partial charge in [0.05, 0.1) is 23.0 Å². The average molecular weight is 460 g/mol. The summed E-state index contributed by atoms with van der Waals surface area (Å²) in [5, 5.41) is 0. The van der Waals surface area contributed by atoms with Crippen LogP contribution in [-0.2, 0) is 14.1 Å². The van der Waals surface area contributed by atoms with Crippen molar-refractivity contribution in [2.75, 3.05) is 12.8 Å². The van der Waals surface area contributed by atoms with Crippen LogP contribution in [0.1, 0.15) is 87.6 Å². The SMILES string of the molecule is CN1C(C)(C)CC(=O)CC1(C)C.Cc1cc(N)c(OC(C)C)cc1B1OC(C)(C)C(C)(C)O1. The molecular formula is C26H45BN2O4. The first-order chi connectivity index (χ1) is 14.8. The number of anilines is 1. The summed E-state index contributed by atoms with van der Waals surface area (Å²) in [6, 6.07) is 3.85. The summed E-state index contributed by atoms with van der Waals surface area (Å²) in [7, 11) is 1.71. The molecule has 2 N–H and O–H groups in total. The van der Waals surface area contributed by atoms with Crippen LogP contribution in [0.2, 0.25) is 0 Å². The molecule has 0 radical (unpaired) electrons. The second kappa shape index (κ2) is 9.24. The summed E-state index contributed by atoms with van der Waals surface area (Å²) >= 11 is 0. The number of carbonyl (C=O) groups is 1. The van der Waals surface area contributed by atoms with E-state index in [4.69, 9.17) is 19.8 Å². The minimum atomic E-state index is -0.398. The van der Waals surface area contributed by atoms with Gasteiger partial charge >= 0.3 is 7.12 Å². The first-order valence-electron chi connectivity index (χ1n) is 12.0. The highest BCUT2D eigenvalue weighted by atomic mass is 16.7. The van der Waals surface area contributed by atoms with Crippen LogP contribution in [0.15, 0.2) is 12.1 Å². The maximum Gasteiger partial charge on any atom is 0.495 e. The van der Waals surface area contributed by atoms with E-state index in [2.05, 4.69) is 39.6 Å². The number of ketones is 1. The summed E-state index contributed by atoms with van der Waals surface area (Å²) in [5.74, 6) is 1.07. The summed E-state index contributed by atoms with van der Waals surface area (Å²) in [6.07, 6.45) is 1.45. The van der Waals surface area contributed by atoms with E-state index in [0.717, 1.165) is 11.0 Å². The van der Waals surface area contributed by atoms with E-state index in [-0.39, 0.29) is 28.4 Å². The Bertz CT molecular complexity index is 841. The molecular weight excluding hydrogens is 415 g/mol. The number of piperidine rings is 1. The molecule has 0 unspecified atom stereocenters. The van der Waals surface area contributed by atoms with E-state index in [1.807, 2.05) is 60.6 Å². The van der Waals surface area contributed by atoms with Crippen molar-refractivity contribution in [1.82, 2.24) is 4.90 Å². The number of hydrogen-bond donors (Lipinski definition) is 1. The fourth-order valence-corrected chi connectivity index (χ4v) is 4.39. The number of nitrogen functional groups attached to an aromatic ring is 1. The first-order valence-corrected chi connectivity index (χ1v) is 12.0. The van der Waals surface area contributed by atoms with E-state index in [0.29, 0.717) is 30.1 Å². The molecule has 6 nitrogen and oxygen atoms in total. The second-order valence-corrected chi connectivity index (χ2v) is 12.1. The number of carbonyl (C=O) groups excluding carboxylic acids is 1. The van der Waals surface area contributed by atoms with Gasteiger partial charge in [-0.25, -0.2) is 0 Å². The molecule has 1 aromatic carbocycles. The normalized spacial score (nSPS) is 23.3. The minimum Gasteiger partial charge on any atom is -0.489 e. The van der Waals surface area contributed by atoms with Crippen molar-refractivity contribution < 1.29 is 18.8 Å². The van der Waals surface area contributed by atoms with Gasteiger partial charge in [0.2, 0.25) is 0 Å². The molecule has 0 atom stereocenters. The Hall–Kier alpha value is -1.57. The van der Waals surface area contributed by atoms with Gasteiger partial charge in [-0.3, -0.25) is 9.69 Å². The van der Waals surface area contributed by atoms with Gasteiger partial charge in [0, 0.05) is 23.9 Å². The lowest BCUT2D eigenvalue weighted by Gasteiger charge is -2.50. The van der Waals surface area contributed by atoms with E-state index in [1.165, 1.54) is 0 Å². The molecule has 2 heterocycles. The van der Waals surface area contributed by atoms with Crippen molar-refractivity contribution in [1.29, 1.82) is 0 Å². The molecule has 0 spiro atoms. The maximum atomic E-state index is 11.4. The topological polar surface area (TPSA) is 74.0 Å². The molecule has 0 aliphatic carbocycles. The summed E-state index contributed by atoms with van der Waals surface area (Å²) < 4.78 is 18.0. The summed E-state index contributed by atoms with van der Waals surface area (Å²) in [4.78, 5) is 13.7. The van der Waals surface area contributed by atoms with Gasteiger partial charge in [-0.05, 0) is 106 Å². The van der Waals surface area contributed by atoms with Gasteiger partial charge in [0.15, 0.2) is 0 Å². The van der Waals surface area contributed by atoms with Gasteiger partial charge in [-0.1, -0.05) is 0 Å². The Morgan fingerprint density at radius 1 is 0.970 bits per heavy atom. The Labute approximate surface area is 201 Å². The third kappa shape index (κ3) is 6.12. The highest BCUT2D eigenvalue weighted by Gasteiger charge is 2.52. The van der Waals surface area contributed by atoms with Crippen molar-refractivity contribution in [2.24, 2.45) is 0 Å². The zero-order valence-electron chi connectivity index (χ0n) is 22.9. The van der Waals surface area contributed by atoms with Crippen LogP contribution in [0.25, 0.3) is 0 Å². The fraction of sp³-hybridized carbons (Fsp3) is 0.731. The third-order valence-corrected chi connectivity index (χ3v) is 7.34. The largest absolute Gasteiger partial charge is 0.495 e. The van der Waals surface area contributed by atoms with Crippen molar-refractivity contribution in [3.05, 3.63) is 17.7 Å². The van der Waals surface area contributed by atoms with Gasteiger partial charge in [0.1, 0.15) is 11.5 Å². The molecule has 1 aromatic rings. The molecule has 0 bridgehead atoms. The predicted molar refractivity (Wildman–Crippen MR) is 137 cm³/mol. The molecule has 2 saturated heterocycles. The van der Waals surface area contributed by atoms with Crippen molar-refractivity contribution in [3.63, 3.8) is 0 Å². The number of nitrogens with two attached hydrogens (primary N) is 1. The number of hydrogen-bond acceptors (Lipinski definition) is 6. The Morgan fingerprint density at radius 2 is 1.42 bits per heavy atom. The van der Waals surface area contributed by atoms with Crippen molar-refractivity contribution >= 4 is 24.1 Å². The number of Topliss-reactive ketones (excluding diaryl/α,β-unsaturated/α-hetero) is 1. The quantitative estimate of drug-likeness (QED) is 0.529. The monoisotopic (exact) mass is 460 g/mol. The predicted octanol–water partition coefficient (Wildman–Crippen LogP) is 4.50. The van der Waals surface area contributed by atoms with Gasteiger partial charge in [-0.15, -0.1) is 0 Å². The molecule has 0 saturated carbocycles. The van der Waals surface area contributed by atoms with E-state index >= 15 is 0 Å². The van der Waals surface area contributed by atoms with Crippen molar-refractivity contribution in [3.8, 4) is 5.75 Å². The van der Waals surface area contributed by atoms with E-state index in [1.54, 1.807) is 0 Å². The lowest BCUT2D eigenvalue weighted by atomic mass is 9.76. The number of nitrogens with zero attached hydrogens (tertiary/aromatic N) is 1. The number of likely N-dealkylation sites (tertiary alicyclic amines) is 1. The van der Waals surface area contributed by atoms with E-state index < -0.39 is 7.12 Å². The molecule has 2 aliphatic rings. The smallest absolute Gasteiger partial charge is 0.489 e. The molecule has 2 fully saturated rings. The van der Waals surface area contributed by atoms with Crippen LogP contribution in [0.3, 0.4) is 0 Å². The fourth-order valence-electron chi connectivity index (χ4n) is 4.39. The van der Waals surface area contributed by atoms with Crippen LogP contribution in [-0.4, -0.2) is 53.2 Å². The van der Waals surface area contributed by atoms with Crippen LogP contribution < -0.4 is 15.9 Å². The number of rotatable bonds is 3. The molecule has 0 aromatic heterocycles. The lowest BCUT2D eigenvalue weighted by Crippen LogP contribution is -2.58. The molecule has 7 heteroatoms. The average Bonchev–Trinajstić information content (AvgIpc) is 2.82. The Morgan fingerprint density at radius 3 is 1.85 bits per heavy atom. The maximum absolute atomic E-state index is 11.4. The van der Waals surface area contributed by atoms with Crippen molar-refractivity contribution in [2.45, 2.75) is 117 Å². The van der Waals surface area contributed by atoms with E-state index in [9.17, 15) is 4.79 Å². The molecule has 3 rings (SSSR count). The van der Waals surface area contributed by atoms with Gasteiger partial charge < -0.3 is 19.8 Å². The second-order valence-electron chi connectivity index (χ2n) is 12.1. The summed E-state index contributed by atoms with van der Waals surface area (Å²) in [5.41, 5.74) is 8.03. The minimum absolute atomic E-state index is 0.0266. The van der Waals surface area contributed by atoms with Crippen LogP contribution >= 0.6 is 0 Å². The van der Waals surface area contributed by atoms with Crippen LogP contribution in [0.4, 0.5) is 5.69 Å². The highest BCUT2D eigenvalue weighted by molar-refractivity contribution is 6.62. The first kappa shape index (κ1) is 27.7. The third-order valence-electron chi connectivity index (χ3n) is 7.34. The highest BCUT2D eigenvalue weighted by Crippen LogP contribution is 2.37. The Kier molecular flexibility index (Phi) is 7.75. The number of aryl methyl sites for hydroxylation is 1. The molecule has 33 heavy (non-hydrogen) atoms. The van der Waals surface area contributed by atoms with Gasteiger partial charge in [0.25, 0.3) is 0 Å². The van der Waals surface area contributed by atoms with Crippen LogP contribution in [0.5, 0.6) is 5.75 Å².